The van der Waals surface area contributed by atoms with Crippen molar-refractivity contribution in [2.45, 2.75) is 19.8 Å². The van der Waals surface area contributed by atoms with Crippen molar-refractivity contribution in [1.29, 1.82) is 0 Å². The first-order chi connectivity index (χ1) is 10.6. The summed E-state index contributed by atoms with van der Waals surface area (Å²) in [5, 5.41) is 6.09. The van der Waals surface area contributed by atoms with Crippen LogP contribution in [0.2, 0.25) is 0 Å². The van der Waals surface area contributed by atoms with Gasteiger partial charge in [0.1, 0.15) is 5.82 Å². The molecule has 2 aromatic rings. The van der Waals surface area contributed by atoms with Gasteiger partial charge in [0.25, 0.3) is 0 Å². The number of benzene rings is 1. The summed E-state index contributed by atoms with van der Waals surface area (Å²) in [5.41, 5.74) is 8.48. The van der Waals surface area contributed by atoms with Gasteiger partial charge >= 0.3 is 0 Å². The fraction of sp³-hybridized carbons (Fsp3) is 0.294. The number of anilines is 2. The number of rotatable bonds is 7. The monoisotopic (exact) mass is 298 g/mol. The molecule has 5 heteroatoms. The van der Waals surface area contributed by atoms with Gasteiger partial charge in [-0.1, -0.05) is 30.3 Å². The Labute approximate surface area is 130 Å². The van der Waals surface area contributed by atoms with Crippen LogP contribution in [0.5, 0.6) is 0 Å². The van der Waals surface area contributed by atoms with Gasteiger partial charge in [0.2, 0.25) is 5.91 Å². The van der Waals surface area contributed by atoms with E-state index >= 15 is 0 Å². The summed E-state index contributed by atoms with van der Waals surface area (Å²) in [5.74, 6) is 0.861. The molecule has 0 unspecified atom stereocenters. The van der Waals surface area contributed by atoms with Crippen LogP contribution in [-0.2, 0) is 11.2 Å². The van der Waals surface area contributed by atoms with Crippen LogP contribution in [0.25, 0.3) is 0 Å². The van der Waals surface area contributed by atoms with E-state index in [9.17, 15) is 4.79 Å². The number of nitrogens with zero attached hydrogens (tertiary/aromatic N) is 1. The fourth-order valence-corrected chi connectivity index (χ4v) is 2.16. The van der Waals surface area contributed by atoms with Gasteiger partial charge in [-0.2, -0.15) is 0 Å². The van der Waals surface area contributed by atoms with Crippen molar-refractivity contribution < 1.29 is 4.79 Å². The number of carbonyl (C=O) groups is 1. The first-order valence-corrected chi connectivity index (χ1v) is 7.42. The molecule has 22 heavy (non-hydrogen) atoms. The van der Waals surface area contributed by atoms with Crippen LogP contribution in [0, 0.1) is 6.92 Å². The second kappa shape index (κ2) is 8.02. The quantitative estimate of drug-likeness (QED) is 0.684. The molecule has 2 rings (SSSR count). The minimum atomic E-state index is 0.0626. The molecule has 0 aliphatic rings. The van der Waals surface area contributed by atoms with E-state index in [0.29, 0.717) is 25.2 Å². The standard InChI is InChI=1S/C17H22N4O/c1-13-11-15(18)12-21-17(13)20-10-9-19-16(22)8-7-14-5-3-2-4-6-14/h2-6,11-12H,7-10,18H2,1H3,(H,19,22)(H,20,21). The normalized spacial score (nSPS) is 10.2. The van der Waals surface area contributed by atoms with Gasteiger partial charge in [-0.25, -0.2) is 4.98 Å². The third kappa shape index (κ3) is 5.09. The molecule has 0 atom stereocenters. The van der Waals surface area contributed by atoms with Crippen LogP contribution in [0.3, 0.4) is 0 Å². The van der Waals surface area contributed by atoms with Crippen LogP contribution < -0.4 is 16.4 Å². The number of hydrogen-bond acceptors (Lipinski definition) is 4. The molecule has 0 spiro atoms. The molecule has 1 aromatic carbocycles. The third-order valence-electron chi connectivity index (χ3n) is 3.32. The fourth-order valence-electron chi connectivity index (χ4n) is 2.16. The molecule has 0 saturated carbocycles. The maximum absolute atomic E-state index is 11.8. The van der Waals surface area contributed by atoms with Crippen molar-refractivity contribution in [3.05, 3.63) is 53.7 Å². The predicted molar refractivity (Wildman–Crippen MR) is 89.6 cm³/mol. The highest BCUT2D eigenvalue weighted by Gasteiger charge is 2.02. The van der Waals surface area contributed by atoms with Crippen LogP contribution in [0.1, 0.15) is 17.5 Å². The van der Waals surface area contributed by atoms with Crippen LogP contribution >= 0.6 is 0 Å². The average Bonchev–Trinajstić information content (AvgIpc) is 2.52. The Hall–Kier alpha value is -2.56. The molecule has 1 amide bonds. The van der Waals surface area contributed by atoms with Gasteiger partial charge in [-0.3, -0.25) is 4.79 Å². The third-order valence-corrected chi connectivity index (χ3v) is 3.32. The summed E-state index contributed by atoms with van der Waals surface area (Å²) in [6.45, 7) is 3.15. The van der Waals surface area contributed by atoms with Gasteiger partial charge in [-0.05, 0) is 30.5 Å². The Kier molecular flexibility index (Phi) is 5.77. The molecule has 0 aliphatic carbocycles. The molecule has 1 heterocycles. The van der Waals surface area contributed by atoms with Crippen LogP contribution in [-0.4, -0.2) is 24.0 Å². The highest BCUT2D eigenvalue weighted by molar-refractivity contribution is 5.76. The highest BCUT2D eigenvalue weighted by atomic mass is 16.1. The first kappa shape index (κ1) is 15.8. The van der Waals surface area contributed by atoms with Crippen molar-refractivity contribution in [3.63, 3.8) is 0 Å². The minimum Gasteiger partial charge on any atom is -0.397 e. The topological polar surface area (TPSA) is 80.0 Å². The number of carbonyl (C=O) groups excluding carboxylic acids is 1. The van der Waals surface area contributed by atoms with Crippen molar-refractivity contribution in [1.82, 2.24) is 10.3 Å². The van der Waals surface area contributed by atoms with Crippen molar-refractivity contribution in [3.8, 4) is 0 Å². The smallest absolute Gasteiger partial charge is 0.220 e. The molecular weight excluding hydrogens is 276 g/mol. The van der Waals surface area contributed by atoms with Crippen LogP contribution in [0.15, 0.2) is 42.6 Å². The lowest BCUT2D eigenvalue weighted by Gasteiger charge is -2.10. The Bertz CT molecular complexity index is 613. The van der Waals surface area contributed by atoms with Crippen molar-refractivity contribution in [2.24, 2.45) is 0 Å². The van der Waals surface area contributed by atoms with E-state index in [2.05, 4.69) is 15.6 Å². The average molecular weight is 298 g/mol. The number of pyridine rings is 1. The van der Waals surface area contributed by atoms with E-state index < -0.39 is 0 Å². The Morgan fingerprint density at radius 1 is 1.23 bits per heavy atom. The van der Waals surface area contributed by atoms with E-state index in [0.717, 1.165) is 17.8 Å². The van der Waals surface area contributed by atoms with E-state index in [-0.39, 0.29) is 5.91 Å². The second-order valence-electron chi connectivity index (χ2n) is 5.20. The molecule has 1 aromatic heterocycles. The lowest BCUT2D eigenvalue weighted by Crippen LogP contribution is -2.29. The summed E-state index contributed by atoms with van der Waals surface area (Å²) in [6.07, 6.45) is 2.88. The van der Waals surface area contributed by atoms with Gasteiger partial charge in [0.05, 0.1) is 11.9 Å². The molecular formula is C17H22N4O. The summed E-state index contributed by atoms with van der Waals surface area (Å²) in [6, 6.07) is 11.9. The largest absolute Gasteiger partial charge is 0.397 e. The summed E-state index contributed by atoms with van der Waals surface area (Å²) < 4.78 is 0. The molecule has 5 nitrogen and oxygen atoms in total. The van der Waals surface area contributed by atoms with Crippen molar-refractivity contribution in [2.75, 3.05) is 24.1 Å². The summed E-state index contributed by atoms with van der Waals surface area (Å²) in [7, 11) is 0. The molecule has 0 aliphatic heterocycles. The van der Waals surface area contributed by atoms with Gasteiger partial charge in [0.15, 0.2) is 0 Å². The summed E-state index contributed by atoms with van der Waals surface area (Å²) in [4.78, 5) is 16.0. The molecule has 0 fully saturated rings. The Morgan fingerprint density at radius 3 is 2.73 bits per heavy atom. The first-order valence-electron chi connectivity index (χ1n) is 7.42. The number of nitrogens with one attached hydrogen (secondary N) is 2. The highest BCUT2D eigenvalue weighted by Crippen LogP contribution is 2.13. The zero-order valence-electron chi connectivity index (χ0n) is 12.8. The maximum Gasteiger partial charge on any atom is 0.220 e. The molecule has 4 N–H and O–H groups in total. The lowest BCUT2D eigenvalue weighted by molar-refractivity contribution is -0.120. The number of amides is 1. The van der Waals surface area contributed by atoms with Gasteiger partial charge in [0, 0.05) is 19.5 Å². The Balaban J connectivity index is 1.65. The van der Waals surface area contributed by atoms with Gasteiger partial charge in [-0.15, -0.1) is 0 Å². The predicted octanol–water partition coefficient (Wildman–Crippen LogP) is 2.13. The summed E-state index contributed by atoms with van der Waals surface area (Å²) >= 11 is 0. The zero-order valence-corrected chi connectivity index (χ0v) is 12.8. The number of hydrogen-bond donors (Lipinski definition) is 3. The SMILES string of the molecule is Cc1cc(N)cnc1NCCNC(=O)CCc1ccccc1. The number of aromatic nitrogens is 1. The van der Waals surface area contributed by atoms with E-state index in [4.69, 9.17) is 5.73 Å². The zero-order chi connectivity index (χ0) is 15.8. The van der Waals surface area contributed by atoms with Crippen molar-refractivity contribution >= 4 is 17.4 Å². The van der Waals surface area contributed by atoms with E-state index in [1.165, 1.54) is 5.56 Å². The molecule has 0 radical (unpaired) electrons. The lowest BCUT2D eigenvalue weighted by atomic mass is 10.1. The van der Waals surface area contributed by atoms with Crippen LogP contribution in [0.4, 0.5) is 11.5 Å². The molecule has 0 bridgehead atoms. The maximum atomic E-state index is 11.8. The minimum absolute atomic E-state index is 0.0626. The molecule has 116 valence electrons. The van der Waals surface area contributed by atoms with E-state index in [1.54, 1.807) is 6.20 Å². The second-order valence-corrected chi connectivity index (χ2v) is 5.20. The number of aryl methyl sites for hydroxylation is 2. The Morgan fingerprint density at radius 2 is 2.00 bits per heavy atom. The number of nitrogens with two attached hydrogens (primary N) is 1. The molecule has 0 saturated heterocycles. The van der Waals surface area contributed by atoms with E-state index in [1.807, 2.05) is 43.3 Å². The van der Waals surface area contributed by atoms with Gasteiger partial charge < -0.3 is 16.4 Å². The number of nitrogen functional groups attached to an aromatic ring is 1.